The molecule has 1 aliphatic rings. The first-order valence-corrected chi connectivity index (χ1v) is 8.32. The van der Waals surface area contributed by atoms with Gasteiger partial charge in [-0.15, -0.1) is 15.3 Å². The van der Waals surface area contributed by atoms with Gasteiger partial charge in [-0.1, -0.05) is 12.1 Å². The van der Waals surface area contributed by atoms with Gasteiger partial charge in [0.1, 0.15) is 17.7 Å². The smallest absolute Gasteiger partial charge is 0.298 e. The molecule has 4 aromatic rings. The van der Waals surface area contributed by atoms with Gasteiger partial charge in [0.25, 0.3) is 6.01 Å². The molecule has 1 atom stereocenters. The van der Waals surface area contributed by atoms with Crippen LogP contribution in [0.25, 0.3) is 16.7 Å². The fourth-order valence-electron chi connectivity index (χ4n) is 3.34. The van der Waals surface area contributed by atoms with Gasteiger partial charge in [0, 0.05) is 25.7 Å². The van der Waals surface area contributed by atoms with Crippen molar-refractivity contribution in [3.05, 3.63) is 42.7 Å². The number of rotatable bonds is 2. The first-order valence-electron chi connectivity index (χ1n) is 8.32. The molecule has 0 radical (unpaired) electrons. The number of anilines is 2. The molecule has 126 valence electrons. The Morgan fingerprint density at radius 3 is 2.92 bits per heavy atom. The molecule has 1 aliphatic heterocycles. The van der Waals surface area contributed by atoms with Crippen LogP contribution in [-0.4, -0.2) is 50.5 Å². The van der Waals surface area contributed by atoms with E-state index < -0.39 is 0 Å². The Bertz CT molecular complexity index is 1010. The molecule has 5 rings (SSSR count). The van der Waals surface area contributed by atoms with Crippen molar-refractivity contribution < 1.29 is 4.42 Å². The summed E-state index contributed by atoms with van der Waals surface area (Å²) in [6, 6.07) is 12.8. The topological polar surface area (TPSA) is 75.6 Å². The third-order valence-electron chi connectivity index (χ3n) is 4.62. The number of aromatic nitrogens is 5. The zero-order chi connectivity index (χ0) is 16.8. The summed E-state index contributed by atoms with van der Waals surface area (Å²) in [5, 5.41) is 12.5. The van der Waals surface area contributed by atoms with Crippen LogP contribution in [0.15, 0.2) is 47.1 Å². The Morgan fingerprint density at radius 2 is 2.04 bits per heavy atom. The predicted octanol–water partition coefficient (Wildman–Crippen LogP) is 1.98. The first kappa shape index (κ1) is 14.2. The number of hydrogen-bond acceptors (Lipinski definition) is 7. The van der Waals surface area contributed by atoms with Crippen molar-refractivity contribution in [3.63, 3.8) is 0 Å². The van der Waals surface area contributed by atoms with E-state index in [0.29, 0.717) is 6.01 Å². The molecule has 0 spiro atoms. The second-order valence-electron chi connectivity index (χ2n) is 6.28. The summed E-state index contributed by atoms with van der Waals surface area (Å²) < 4.78 is 7.61. The standard InChI is InChI=1S/C17H17N7O/c1-12-10-22(17-19-13-4-2-3-5-14(13)25-17)8-9-23(12)16-7-6-15-20-18-11-24(15)21-16/h2-7,11-12H,8-10H2,1H3. The minimum Gasteiger partial charge on any atom is -0.423 e. The normalized spacial score (nSPS) is 18.4. The van der Waals surface area contributed by atoms with Gasteiger partial charge < -0.3 is 14.2 Å². The van der Waals surface area contributed by atoms with Crippen molar-refractivity contribution in [2.45, 2.75) is 13.0 Å². The molecule has 0 amide bonds. The molecule has 0 bridgehead atoms. The molecule has 1 unspecified atom stereocenters. The van der Waals surface area contributed by atoms with E-state index in [-0.39, 0.29) is 6.04 Å². The maximum atomic E-state index is 5.90. The van der Waals surface area contributed by atoms with Crippen molar-refractivity contribution in [1.82, 2.24) is 24.8 Å². The molecule has 8 heteroatoms. The van der Waals surface area contributed by atoms with E-state index in [2.05, 4.69) is 37.0 Å². The first-order chi connectivity index (χ1) is 12.3. The molecule has 3 aromatic heterocycles. The number of fused-ring (bicyclic) bond motifs is 2. The summed E-state index contributed by atoms with van der Waals surface area (Å²) in [7, 11) is 0. The van der Waals surface area contributed by atoms with E-state index >= 15 is 0 Å². The monoisotopic (exact) mass is 335 g/mol. The SMILES string of the molecule is CC1CN(c2nc3ccccc3o2)CCN1c1ccc2nncn2n1. The molecular formula is C17H17N7O. The summed E-state index contributed by atoms with van der Waals surface area (Å²) in [5.41, 5.74) is 2.47. The largest absolute Gasteiger partial charge is 0.423 e. The number of benzene rings is 1. The Hall–Kier alpha value is -3.16. The fourth-order valence-corrected chi connectivity index (χ4v) is 3.34. The maximum Gasteiger partial charge on any atom is 0.298 e. The zero-order valence-corrected chi connectivity index (χ0v) is 13.8. The van der Waals surface area contributed by atoms with Gasteiger partial charge in [0.15, 0.2) is 11.2 Å². The second kappa shape index (κ2) is 5.44. The lowest BCUT2D eigenvalue weighted by Gasteiger charge is -2.39. The molecule has 25 heavy (non-hydrogen) atoms. The van der Waals surface area contributed by atoms with E-state index in [9.17, 15) is 0 Å². The molecule has 8 nitrogen and oxygen atoms in total. The molecular weight excluding hydrogens is 318 g/mol. The van der Waals surface area contributed by atoms with E-state index in [4.69, 9.17) is 4.42 Å². The van der Waals surface area contributed by atoms with Gasteiger partial charge in [0.05, 0.1) is 0 Å². The molecule has 1 saturated heterocycles. The summed E-state index contributed by atoms with van der Waals surface area (Å²) in [5.74, 6) is 0.928. The molecule has 1 aromatic carbocycles. The van der Waals surface area contributed by atoms with Gasteiger partial charge in [-0.3, -0.25) is 0 Å². The molecule has 0 saturated carbocycles. The Balaban J connectivity index is 1.39. The van der Waals surface area contributed by atoms with Crippen LogP contribution >= 0.6 is 0 Å². The summed E-state index contributed by atoms with van der Waals surface area (Å²) >= 11 is 0. The van der Waals surface area contributed by atoms with Crippen LogP contribution in [0.1, 0.15) is 6.92 Å². The van der Waals surface area contributed by atoms with Crippen molar-refractivity contribution in [2.75, 3.05) is 29.4 Å². The lowest BCUT2D eigenvalue weighted by Crippen LogP contribution is -2.52. The summed E-state index contributed by atoms with van der Waals surface area (Å²) in [6.45, 7) is 4.70. The molecule has 1 fully saturated rings. The third-order valence-corrected chi connectivity index (χ3v) is 4.62. The van der Waals surface area contributed by atoms with Crippen LogP contribution in [0, 0.1) is 0 Å². The van der Waals surface area contributed by atoms with Crippen molar-refractivity contribution in [1.29, 1.82) is 0 Å². The highest BCUT2D eigenvalue weighted by Crippen LogP contribution is 2.25. The van der Waals surface area contributed by atoms with Crippen LogP contribution in [0.4, 0.5) is 11.8 Å². The lowest BCUT2D eigenvalue weighted by molar-refractivity contribution is 0.493. The average Bonchev–Trinajstić information content (AvgIpc) is 3.27. The van der Waals surface area contributed by atoms with Gasteiger partial charge in [0.2, 0.25) is 0 Å². The Kier molecular flexibility index (Phi) is 3.09. The van der Waals surface area contributed by atoms with Gasteiger partial charge in [-0.05, 0) is 31.2 Å². The van der Waals surface area contributed by atoms with Crippen LogP contribution < -0.4 is 9.80 Å². The minimum absolute atomic E-state index is 0.283. The fraction of sp³-hybridized carbons (Fsp3) is 0.294. The Morgan fingerprint density at radius 1 is 1.12 bits per heavy atom. The molecule has 0 aliphatic carbocycles. The van der Waals surface area contributed by atoms with E-state index in [1.54, 1.807) is 10.8 Å². The number of piperazine rings is 1. The predicted molar refractivity (Wildman–Crippen MR) is 93.8 cm³/mol. The van der Waals surface area contributed by atoms with Gasteiger partial charge in [-0.25, -0.2) is 0 Å². The summed E-state index contributed by atoms with van der Waals surface area (Å²) in [6.07, 6.45) is 1.62. The lowest BCUT2D eigenvalue weighted by atomic mass is 10.2. The van der Waals surface area contributed by atoms with E-state index in [0.717, 1.165) is 42.2 Å². The van der Waals surface area contributed by atoms with E-state index in [1.165, 1.54) is 0 Å². The number of oxazole rings is 1. The number of hydrogen-bond donors (Lipinski definition) is 0. The van der Waals surface area contributed by atoms with Crippen LogP contribution in [0.5, 0.6) is 0 Å². The van der Waals surface area contributed by atoms with Crippen molar-refractivity contribution in [3.8, 4) is 0 Å². The highest BCUT2D eigenvalue weighted by molar-refractivity contribution is 5.74. The number of nitrogens with zero attached hydrogens (tertiary/aromatic N) is 7. The molecule has 0 N–H and O–H groups in total. The highest BCUT2D eigenvalue weighted by atomic mass is 16.4. The van der Waals surface area contributed by atoms with Gasteiger partial charge in [-0.2, -0.15) is 9.50 Å². The minimum atomic E-state index is 0.283. The quantitative estimate of drug-likeness (QED) is 0.554. The van der Waals surface area contributed by atoms with Crippen molar-refractivity contribution in [2.24, 2.45) is 0 Å². The van der Waals surface area contributed by atoms with Crippen LogP contribution in [0.3, 0.4) is 0 Å². The zero-order valence-electron chi connectivity index (χ0n) is 13.8. The molecule has 4 heterocycles. The summed E-state index contributed by atoms with van der Waals surface area (Å²) in [4.78, 5) is 9.09. The van der Waals surface area contributed by atoms with Crippen LogP contribution in [0.2, 0.25) is 0 Å². The highest BCUT2D eigenvalue weighted by Gasteiger charge is 2.27. The Labute approximate surface area is 143 Å². The van der Waals surface area contributed by atoms with Crippen LogP contribution in [-0.2, 0) is 0 Å². The maximum absolute atomic E-state index is 5.90. The van der Waals surface area contributed by atoms with Gasteiger partial charge >= 0.3 is 0 Å². The second-order valence-corrected chi connectivity index (χ2v) is 6.28. The average molecular weight is 335 g/mol. The number of para-hydroxylation sites is 2. The van der Waals surface area contributed by atoms with Crippen molar-refractivity contribution >= 4 is 28.6 Å². The third kappa shape index (κ3) is 2.37. The van der Waals surface area contributed by atoms with E-state index in [1.807, 2.05) is 36.4 Å².